The van der Waals surface area contributed by atoms with Crippen LogP contribution in [-0.4, -0.2) is 50.3 Å². The predicted molar refractivity (Wildman–Crippen MR) is 140 cm³/mol. The van der Waals surface area contributed by atoms with E-state index in [1.807, 2.05) is 24.7 Å². The van der Waals surface area contributed by atoms with Gasteiger partial charge >= 0.3 is 0 Å². The summed E-state index contributed by atoms with van der Waals surface area (Å²) in [5.74, 6) is 0.726. The number of furan rings is 1. The SMILES string of the molecule is c1cc(-c2cncc3[nH]c(C4=NCNc5ccc(-c6cncc(CN7CCCC7)c6)cc54)nc23)co1. The molecule has 2 N–H and O–H groups in total. The van der Waals surface area contributed by atoms with E-state index in [1.165, 1.54) is 31.5 Å². The first-order valence-corrected chi connectivity index (χ1v) is 12.3. The monoisotopic (exact) mass is 475 g/mol. The number of aliphatic imine (C=N–C) groups is 1. The zero-order chi connectivity index (χ0) is 23.9. The van der Waals surface area contributed by atoms with Crippen LogP contribution in [0.1, 0.15) is 29.8 Å². The van der Waals surface area contributed by atoms with Gasteiger partial charge in [0.2, 0.25) is 0 Å². The largest absolute Gasteiger partial charge is 0.472 e. The average Bonchev–Trinajstić information content (AvgIpc) is 3.70. The molecule has 0 saturated carbocycles. The smallest absolute Gasteiger partial charge is 0.157 e. The molecule has 1 aromatic carbocycles. The first-order valence-electron chi connectivity index (χ1n) is 12.3. The maximum absolute atomic E-state index is 5.28. The molecule has 36 heavy (non-hydrogen) atoms. The third-order valence-electron chi connectivity index (χ3n) is 6.97. The van der Waals surface area contributed by atoms with Crippen molar-refractivity contribution in [3.63, 3.8) is 0 Å². The van der Waals surface area contributed by atoms with Crippen LogP contribution in [0.15, 0.2) is 77.1 Å². The summed E-state index contributed by atoms with van der Waals surface area (Å²) < 4.78 is 5.28. The molecule has 0 bridgehead atoms. The fourth-order valence-electron chi connectivity index (χ4n) is 5.17. The highest BCUT2D eigenvalue weighted by Gasteiger charge is 2.21. The molecular weight excluding hydrogens is 450 g/mol. The van der Waals surface area contributed by atoms with Gasteiger partial charge in [0.1, 0.15) is 17.9 Å². The Kier molecular flexibility index (Phi) is 5.10. The molecule has 4 aromatic heterocycles. The minimum Gasteiger partial charge on any atom is -0.472 e. The summed E-state index contributed by atoms with van der Waals surface area (Å²) in [6.07, 6.45) is 13.5. The normalized spacial score (nSPS) is 15.6. The minimum atomic E-state index is 0.498. The first-order chi connectivity index (χ1) is 17.8. The predicted octanol–water partition coefficient (Wildman–Crippen LogP) is 5.10. The zero-order valence-corrected chi connectivity index (χ0v) is 19.7. The number of aromatic nitrogens is 4. The molecule has 178 valence electrons. The molecule has 6 heterocycles. The average molecular weight is 476 g/mol. The van der Waals surface area contributed by atoms with Gasteiger partial charge in [-0.1, -0.05) is 6.07 Å². The number of imidazole rings is 1. The van der Waals surface area contributed by atoms with E-state index in [1.54, 1.807) is 18.7 Å². The van der Waals surface area contributed by atoms with E-state index >= 15 is 0 Å². The molecular formula is C28H25N7O. The van der Waals surface area contributed by atoms with E-state index < -0.39 is 0 Å². The Balaban J connectivity index is 1.26. The number of hydrogen-bond donors (Lipinski definition) is 2. The lowest BCUT2D eigenvalue weighted by atomic mass is 9.98. The Morgan fingerprint density at radius 2 is 1.81 bits per heavy atom. The molecule has 2 aliphatic rings. The molecule has 5 aromatic rings. The molecule has 0 aliphatic carbocycles. The van der Waals surface area contributed by atoms with E-state index in [0.29, 0.717) is 6.67 Å². The first kappa shape index (κ1) is 21.0. The molecule has 0 unspecified atom stereocenters. The summed E-state index contributed by atoms with van der Waals surface area (Å²) in [5.41, 5.74) is 9.93. The van der Waals surface area contributed by atoms with Crippen LogP contribution in [0.25, 0.3) is 33.3 Å². The van der Waals surface area contributed by atoms with Crippen molar-refractivity contribution in [1.29, 1.82) is 0 Å². The third-order valence-corrected chi connectivity index (χ3v) is 6.97. The van der Waals surface area contributed by atoms with Crippen molar-refractivity contribution in [2.45, 2.75) is 19.4 Å². The van der Waals surface area contributed by atoms with Gasteiger partial charge in [-0.2, -0.15) is 0 Å². The molecule has 0 atom stereocenters. The number of benzene rings is 1. The van der Waals surface area contributed by atoms with Crippen LogP contribution < -0.4 is 5.32 Å². The highest BCUT2D eigenvalue weighted by atomic mass is 16.3. The van der Waals surface area contributed by atoms with Crippen LogP contribution in [0.2, 0.25) is 0 Å². The van der Waals surface area contributed by atoms with Crippen molar-refractivity contribution in [2.24, 2.45) is 4.99 Å². The third kappa shape index (κ3) is 3.76. The van der Waals surface area contributed by atoms with Crippen molar-refractivity contribution >= 4 is 22.4 Å². The minimum absolute atomic E-state index is 0.498. The summed E-state index contributed by atoms with van der Waals surface area (Å²) in [6, 6.07) is 10.6. The molecule has 7 rings (SSSR count). The second-order valence-electron chi connectivity index (χ2n) is 9.35. The Morgan fingerprint density at radius 3 is 2.69 bits per heavy atom. The van der Waals surface area contributed by atoms with Gasteiger partial charge in [0.25, 0.3) is 0 Å². The van der Waals surface area contributed by atoms with Crippen LogP contribution in [0.5, 0.6) is 0 Å². The fraction of sp³-hybridized carbons (Fsp3) is 0.214. The molecule has 2 aliphatic heterocycles. The highest BCUT2D eigenvalue weighted by Crippen LogP contribution is 2.31. The molecule has 0 amide bonds. The number of likely N-dealkylation sites (tertiary alicyclic amines) is 1. The zero-order valence-electron chi connectivity index (χ0n) is 19.7. The maximum Gasteiger partial charge on any atom is 0.157 e. The second-order valence-corrected chi connectivity index (χ2v) is 9.35. The molecule has 0 spiro atoms. The van der Waals surface area contributed by atoms with E-state index in [-0.39, 0.29) is 0 Å². The van der Waals surface area contributed by atoms with Crippen LogP contribution in [-0.2, 0) is 6.54 Å². The van der Waals surface area contributed by atoms with Gasteiger partial charge in [0.15, 0.2) is 5.82 Å². The number of pyridine rings is 2. The number of rotatable bonds is 5. The van der Waals surface area contributed by atoms with Crippen molar-refractivity contribution in [1.82, 2.24) is 24.8 Å². The van der Waals surface area contributed by atoms with Gasteiger partial charge in [0.05, 0.1) is 24.2 Å². The summed E-state index contributed by atoms with van der Waals surface area (Å²) in [4.78, 5) is 24.6. The maximum atomic E-state index is 5.28. The number of aromatic amines is 1. The van der Waals surface area contributed by atoms with Crippen LogP contribution in [0.3, 0.4) is 0 Å². The summed E-state index contributed by atoms with van der Waals surface area (Å²) in [5, 5.41) is 3.39. The second kappa shape index (κ2) is 8.73. The number of nitrogens with one attached hydrogen (secondary N) is 2. The van der Waals surface area contributed by atoms with E-state index in [0.717, 1.165) is 62.6 Å². The lowest BCUT2D eigenvalue weighted by molar-refractivity contribution is 0.331. The molecule has 1 fully saturated rings. The molecule has 1 saturated heterocycles. The van der Waals surface area contributed by atoms with Gasteiger partial charge in [-0.3, -0.25) is 19.9 Å². The Bertz CT molecular complexity index is 1580. The van der Waals surface area contributed by atoms with Gasteiger partial charge in [0, 0.05) is 53.1 Å². The van der Waals surface area contributed by atoms with Crippen molar-refractivity contribution in [3.05, 3.63) is 84.6 Å². The standard InChI is InChI=1S/C28H25N7O/c1-2-7-35(6-1)15-18-9-21(12-29-11-18)19-3-4-24-22(10-19)27(32-17-31-24)28-33-25-14-30-13-23(26(25)34-28)20-5-8-36-16-20/h3-5,8-14,16,31H,1-2,6-7,15,17H2,(H,33,34). The molecule has 8 heteroatoms. The lowest BCUT2D eigenvalue weighted by Crippen LogP contribution is -2.18. The van der Waals surface area contributed by atoms with Crippen molar-refractivity contribution in [3.8, 4) is 22.3 Å². The van der Waals surface area contributed by atoms with Crippen molar-refractivity contribution < 1.29 is 4.42 Å². The summed E-state index contributed by atoms with van der Waals surface area (Å²) in [6.45, 7) is 3.79. The van der Waals surface area contributed by atoms with E-state index in [4.69, 9.17) is 14.4 Å². The van der Waals surface area contributed by atoms with Crippen LogP contribution in [0.4, 0.5) is 5.69 Å². The molecule has 0 radical (unpaired) electrons. The van der Waals surface area contributed by atoms with Gasteiger partial charge < -0.3 is 14.7 Å². The number of anilines is 1. The van der Waals surface area contributed by atoms with Crippen molar-refractivity contribution in [2.75, 3.05) is 25.1 Å². The Morgan fingerprint density at radius 1 is 0.889 bits per heavy atom. The van der Waals surface area contributed by atoms with Gasteiger partial charge in [-0.15, -0.1) is 0 Å². The lowest BCUT2D eigenvalue weighted by Gasteiger charge is -2.19. The topological polar surface area (TPSA) is 95.2 Å². The quantitative estimate of drug-likeness (QED) is 0.367. The number of fused-ring (bicyclic) bond motifs is 2. The van der Waals surface area contributed by atoms with E-state index in [9.17, 15) is 0 Å². The van der Waals surface area contributed by atoms with Gasteiger partial charge in [-0.05, 0) is 61.3 Å². The van der Waals surface area contributed by atoms with Crippen LogP contribution in [0, 0.1) is 0 Å². The highest BCUT2D eigenvalue weighted by molar-refractivity contribution is 6.16. The number of hydrogen-bond acceptors (Lipinski definition) is 7. The Hall–Kier alpha value is -4.30. The number of H-pyrrole nitrogens is 1. The van der Waals surface area contributed by atoms with E-state index in [2.05, 4.69) is 49.4 Å². The van der Waals surface area contributed by atoms with Crippen LogP contribution >= 0.6 is 0 Å². The Labute approximate surface area is 208 Å². The fourth-order valence-corrected chi connectivity index (χ4v) is 5.17. The molecule has 8 nitrogen and oxygen atoms in total. The summed E-state index contributed by atoms with van der Waals surface area (Å²) >= 11 is 0. The van der Waals surface area contributed by atoms with Gasteiger partial charge in [-0.25, -0.2) is 4.98 Å². The number of nitrogens with zero attached hydrogens (tertiary/aromatic N) is 5. The summed E-state index contributed by atoms with van der Waals surface area (Å²) in [7, 11) is 0.